The molecule has 4 amide bonds. The van der Waals surface area contributed by atoms with Gasteiger partial charge in [-0.2, -0.15) is 13.5 Å². The number of rotatable bonds is 26. The highest BCUT2D eigenvalue weighted by atomic mass is 32.2. The lowest BCUT2D eigenvalue weighted by atomic mass is 9.98. The van der Waals surface area contributed by atoms with Gasteiger partial charge in [0.2, 0.25) is 11.8 Å². The lowest BCUT2D eigenvalue weighted by Crippen LogP contribution is -2.45. The van der Waals surface area contributed by atoms with E-state index in [2.05, 4.69) is 61.0 Å². The number of anilines is 2. The minimum atomic E-state index is -4.40. The molecule has 0 bridgehead atoms. The SMILES string of the molecule is CC(C)C[C@H](NC(=O)OCC1c2ccccc2-c2ccccc21)C(=O)Nc1ccc(CCCCCCCCCCC(=O)NCCNC(=O)c2ccc(NN=Cc3ccccc3S(=O)(=O)O)nc2)cc1. The Kier molecular flexibility index (Phi) is 19.4. The van der Waals surface area contributed by atoms with Gasteiger partial charge < -0.3 is 26.0 Å². The first-order valence-electron chi connectivity index (χ1n) is 23.7. The third-order valence-electron chi connectivity index (χ3n) is 11.8. The average Bonchev–Trinajstić information content (AvgIpc) is 3.66. The van der Waals surface area contributed by atoms with E-state index >= 15 is 0 Å². The highest BCUT2D eigenvalue weighted by Crippen LogP contribution is 2.44. The molecule has 1 atom stereocenters. The van der Waals surface area contributed by atoms with Gasteiger partial charge in [-0.3, -0.25) is 24.4 Å². The largest absolute Gasteiger partial charge is 0.449 e. The zero-order valence-corrected chi connectivity index (χ0v) is 40.1. The monoisotopic (exact) mass is 957 g/mol. The van der Waals surface area contributed by atoms with Crippen molar-refractivity contribution in [3.63, 3.8) is 0 Å². The maximum absolute atomic E-state index is 13.4. The van der Waals surface area contributed by atoms with Crippen LogP contribution >= 0.6 is 0 Å². The Morgan fingerprint density at radius 2 is 1.38 bits per heavy atom. The Morgan fingerprint density at radius 1 is 0.754 bits per heavy atom. The number of hydrogen-bond donors (Lipinski definition) is 6. The summed E-state index contributed by atoms with van der Waals surface area (Å²) in [5.74, 6) is -0.241. The molecule has 6 N–H and O–H groups in total. The Bertz CT molecular complexity index is 2590. The molecule has 1 aromatic heterocycles. The standard InChI is InChI=1S/C53H63N7O8S/c1-37(2)33-47(59-53(64)68-36-46-44-21-14-12-19-42(44)43-20-13-15-22-45(43)46)52(63)58-41-28-25-38(26-29-41)17-9-7-5-3-4-6-8-10-24-50(61)54-31-32-55-51(62)40-27-30-49(56-34-40)60-57-35-39-18-11-16-23-48(39)69(65,66)67/h11-16,18-23,25-30,34-35,37,46-47H,3-10,17,24,31-33,36H2,1-2H3,(H,54,61)(H,55,62)(H,56,60)(H,58,63)(H,59,64)(H,65,66,67)/t47-/m0/s1. The number of alkyl carbamates (subject to hydrolysis) is 1. The van der Waals surface area contributed by atoms with Crippen molar-refractivity contribution in [2.45, 2.75) is 101 Å². The van der Waals surface area contributed by atoms with Crippen LogP contribution in [0.5, 0.6) is 0 Å². The molecule has 69 heavy (non-hydrogen) atoms. The van der Waals surface area contributed by atoms with E-state index in [1.807, 2.05) is 62.4 Å². The zero-order chi connectivity index (χ0) is 49.0. The number of aromatic nitrogens is 1. The highest BCUT2D eigenvalue weighted by molar-refractivity contribution is 7.86. The molecule has 0 spiro atoms. The van der Waals surface area contributed by atoms with E-state index in [9.17, 15) is 32.1 Å². The molecule has 16 heteroatoms. The number of amides is 4. The summed E-state index contributed by atoms with van der Waals surface area (Å²) in [5.41, 5.74) is 9.62. The molecular formula is C53H63N7O8S. The number of ether oxygens (including phenoxy) is 1. The quantitative estimate of drug-likeness (QED) is 0.0134. The number of unbranched alkanes of at least 4 members (excludes halogenated alkanes) is 7. The number of nitrogens with one attached hydrogen (secondary N) is 5. The van der Waals surface area contributed by atoms with Crippen molar-refractivity contribution in [2.75, 3.05) is 30.4 Å². The number of hydrogen-bond acceptors (Lipinski definition) is 10. The highest BCUT2D eigenvalue weighted by Gasteiger charge is 2.30. The fourth-order valence-electron chi connectivity index (χ4n) is 8.30. The van der Waals surface area contributed by atoms with Crippen LogP contribution in [0.3, 0.4) is 0 Å². The minimum Gasteiger partial charge on any atom is -0.449 e. The second-order valence-corrected chi connectivity index (χ2v) is 19.0. The lowest BCUT2D eigenvalue weighted by molar-refractivity contribution is -0.121. The van der Waals surface area contributed by atoms with Crippen molar-refractivity contribution in [1.82, 2.24) is 20.9 Å². The van der Waals surface area contributed by atoms with Crippen LogP contribution in [0.1, 0.15) is 117 Å². The van der Waals surface area contributed by atoms with Gasteiger partial charge in [-0.15, -0.1) is 0 Å². The summed E-state index contributed by atoms with van der Waals surface area (Å²) in [6.07, 6.45) is 12.4. The van der Waals surface area contributed by atoms with Gasteiger partial charge in [0.1, 0.15) is 23.4 Å². The van der Waals surface area contributed by atoms with Crippen molar-refractivity contribution in [3.05, 3.63) is 143 Å². The van der Waals surface area contributed by atoms with Gasteiger partial charge in [0.25, 0.3) is 16.0 Å². The second-order valence-electron chi connectivity index (χ2n) is 17.6. The van der Waals surface area contributed by atoms with E-state index in [0.29, 0.717) is 36.5 Å². The van der Waals surface area contributed by atoms with Gasteiger partial charge in [-0.1, -0.05) is 131 Å². The number of hydrazone groups is 1. The van der Waals surface area contributed by atoms with Crippen LogP contribution in [0.4, 0.5) is 16.3 Å². The molecule has 15 nitrogen and oxygen atoms in total. The molecule has 0 saturated heterocycles. The first-order valence-corrected chi connectivity index (χ1v) is 25.2. The summed E-state index contributed by atoms with van der Waals surface area (Å²) in [7, 11) is -4.40. The molecule has 0 unspecified atom stereocenters. The molecule has 4 aromatic carbocycles. The molecule has 6 rings (SSSR count). The van der Waals surface area contributed by atoms with Crippen LogP contribution in [0.15, 0.2) is 125 Å². The van der Waals surface area contributed by atoms with Crippen molar-refractivity contribution in [3.8, 4) is 11.1 Å². The number of carbonyl (C=O) groups excluding carboxylic acids is 4. The van der Waals surface area contributed by atoms with E-state index in [1.165, 1.54) is 36.2 Å². The summed E-state index contributed by atoms with van der Waals surface area (Å²) in [5, 5.41) is 15.4. The maximum atomic E-state index is 13.4. The predicted molar refractivity (Wildman–Crippen MR) is 269 cm³/mol. The van der Waals surface area contributed by atoms with Crippen LogP contribution in [-0.2, 0) is 30.9 Å². The molecule has 1 aliphatic carbocycles. The third-order valence-corrected chi connectivity index (χ3v) is 12.8. The number of nitrogens with zero attached hydrogens (tertiary/aromatic N) is 2. The summed E-state index contributed by atoms with van der Waals surface area (Å²) < 4.78 is 38.2. The van der Waals surface area contributed by atoms with Crippen LogP contribution < -0.4 is 26.7 Å². The predicted octanol–water partition coefficient (Wildman–Crippen LogP) is 9.27. The normalized spacial score (nSPS) is 12.5. The first kappa shape index (κ1) is 51.5. The van der Waals surface area contributed by atoms with Crippen LogP contribution in [-0.4, -0.2) is 73.7 Å². The number of benzene rings is 4. The van der Waals surface area contributed by atoms with Gasteiger partial charge >= 0.3 is 6.09 Å². The maximum Gasteiger partial charge on any atom is 0.407 e. The van der Waals surface area contributed by atoms with Crippen molar-refractivity contribution in [2.24, 2.45) is 11.0 Å². The number of fused-ring (bicyclic) bond motifs is 3. The fraction of sp³-hybridized carbons (Fsp3) is 0.358. The molecule has 364 valence electrons. The van der Waals surface area contributed by atoms with Crippen LogP contribution in [0.25, 0.3) is 11.1 Å². The molecule has 1 aliphatic rings. The Morgan fingerprint density at radius 3 is 2.03 bits per heavy atom. The molecule has 1 heterocycles. The van der Waals surface area contributed by atoms with E-state index in [0.717, 1.165) is 80.0 Å². The van der Waals surface area contributed by atoms with Crippen LogP contribution in [0, 0.1) is 5.92 Å². The van der Waals surface area contributed by atoms with E-state index in [-0.39, 0.29) is 53.2 Å². The number of pyridine rings is 1. The molecule has 0 radical (unpaired) electrons. The van der Waals surface area contributed by atoms with Gasteiger partial charge in [-0.25, -0.2) is 9.78 Å². The van der Waals surface area contributed by atoms with Crippen molar-refractivity contribution >= 4 is 51.7 Å². The van der Waals surface area contributed by atoms with Gasteiger partial charge in [0.15, 0.2) is 0 Å². The summed E-state index contributed by atoms with van der Waals surface area (Å²) in [4.78, 5) is 55.1. The number of carbonyl (C=O) groups is 4. The van der Waals surface area contributed by atoms with Gasteiger partial charge in [0.05, 0.1) is 11.8 Å². The number of aryl methyl sites for hydroxylation is 1. The van der Waals surface area contributed by atoms with Crippen molar-refractivity contribution < 1.29 is 36.9 Å². The summed E-state index contributed by atoms with van der Waals surface area (Å²) >= 11 is 0. The smallest absolute Gasteiger partial charge is 0.407 e. The van der Waals surface area contributed by atoms with Gasteiger partial charge in [-0.05, 0) is 89.8 Å². The molecule has 0 aliphatic heterocycles. The molecule has 0 saturated carbocycles. The van der Waals surface area contributed by atoms with E-state index in [1.54, 1.807) is 18.2 Å². The van der Waals surface area contributed by atoms with Crippen molar-refractivity contribution in [1.29, 1.82) is 0 Å². The second kappa shape index (κ2) is 26.0. The fourth-order valence-corrected chi connectivity index (χ4v) is 8.97. The molecule has 5 aromatic rings. The first-order chi connectivity index (χ1) is 33.4. The Hall–Kier alpha value is -6.91. The Balaban J connectivity index is 0.772. The molecular weight excluding hydrogens is 895 g/mol. The lowest BCUT2D eigenvalue weighted by Gasteiger charge is -2.21. The Labute approximate surface area is 405 Å². The minimum absolute atomic E-state index is 0.0463. The summed E-state index contributed by atoms with van der Waals surface area (Å²) in [6, 6.07) is 32.5. The molecule has 0 fully saturated rings. The van der Waals surface area contributed by atoms with E-state index in [4.69, 9.17) is 4.74 Å². The van der Waals surface area contributed by atoms with Crippen LogP contribution in [0.2, 0.25) is 0 Å². The zero-order valence-electron chi connectivity index (χ0n) is 39.3. The van der Waals surface area contributed by atoms with E-state index < -0.39 is 22.3 Å². The van der Waals surface area contributed by atoms with Gasteiger partial charge in [0, 0.05) is 42.9 Å². The topological polar surface area (TPSA) is 217 Å². The third kappa shape index (κ3) is 16.1. The summed E-state index contributed by atoms with van der Waals surface area (Å²) in [6.45, 7) is 4.78. The average molecular weight is 958 g/mol.